The fourth-order valence-electron chi connectivity index (χ4n) is 2.50. The normalized spacial score (nSPS) is 19.4. The molecule has 0 bridgehead atoms. The summed E-state index contributed by atoms with van der Waals surface area (Å²) >= 11 is 0. The van der Waals surface area contributed by atoms with Crippen LogP contribution in [-0.4, -0.2) is 54.7 Å². The van der Waals surface area contributed by atoms with Crippen molar-refractivity contribution in [2.24, 2.45) is 10.9 Å². The number of guanidine groups is 1. The summed E-state index contributed by atoms with van der Waals surface area (Å²) < 4.78 is 5.23. The summed E-state index contributed by atoms with van der Waals surface area (Å²) in [4.78, 5) is 15.1. The molecule has 20 heavy (non-hydrogen) atoms. The number of aryl methyl sites for hydroxylation is 1. The Hall–Kier alpha value is -1.69. The molecule has 1 aromatic heterocycles. The number of rotatable bonds is 4. The van der Waals surface area contributed by atoms with E-state index in [1.165, 1.54) is 0 Å². The lowest BCUT2D eigenvalue weighted by Crippen LogP contribution is -2.40. The second-order valence-electron chi connectivity index (χ2n) is 5.05. The number of methoxy groups -OCH3 is 1. The van der Waals surface area contributed by atoms with E-state index in [1.54, 1.807) is 13.3 Å². The third-order valence-corrected chi connectivity index (χ3v) is 3.46. The second-order valence-corrected chi connectivity index (χ2v) is 5.05. The van der Waals surface area contributed by atoms with Crippen LogP contribution in [0.15, 0.2) is 17.3 Å². The molecule has 0 saturated carbocycles. The molecule has 110 valence electrons. The third-order valence-electron chi connectivity index (χ3n) is 3.46. The molecule has 0 aliphatic carbocycles. The van der Waals surface area contributed by atoms with Crippen LogP contribution in [0.5, 0.6) is 0 Å². The summed E-state index contributed by atoms with van der Waals surface area (Å²) in [6, 6.07) is 1.92. The maximum Gasteiger partial charge on any atom is 0.193 e. The van der Waals surface area contributed by atoms with Crippen LogP contribution >= 0.6 is 0 Å². The van der Waals surface area contributed by atoms with E-state index in [1.807, 2.05) is 20.0 Å². The lowest BCUT2D eigenvalue weighted by atomic mass is 10.1. The number of hydrogen-bond donors (Lipinski definition) is 1. The standard InChI is InChI=1S/C14H23N5O/c1-11-16-6-4-13(18-11)8-17-14(15-2)19-7-5-12(9-19)10-20-3/h4,6,12H,5,7-10H2,1-3H3,(H,15,17). The zero-order valence-corrected chi connectivity index (χ0v) is 12.5. The average molecular weight is 277 g/mol. The summed E-state index contributed by atoms with van der Waals surface area (Å²) in [5, 5.41) is 3.36. The highest BCUT2D eigenvalue weighted by molar-refractivity contribution is 5.80. The van der Waals surface area contributed by atoms with Gasteiger partial charge in [0.1, 0.15) is 5.82 Å². The molecule has 1 unspecified atom stereocenters. The Morgan fingerprint density at radius 1 is 1.60 bits per heavy atom. The van der Waals surface area contributed by atoms with Gasteiger partial charge in [0.25, 0.3) is 0 Å². The van der Waals surface area contributed by atoms with Gasteiger partial charge in [-0.15, -0.1) is 0 Å². The van der Waals surface area contributed by atoms with Gasteiger partial charge in [-0.25, -0.2) is 9.97 Å². The smallest absolute Gasteiger partial charge is 0.193 e. The van der Waals surface area contributed by atoms with Crippen molar-refractivity contribution in [3.63, 3.8) is 0 Å². The van der Waals surface area contributed by atoms with E-state index in [0.29, 0.717) is 12.5 Å². The summed E-state index contributed by atoms with van der Waals surface area (Å²) in [7, 11) is 3.57. The summed E-state index contributed by atoms with van der Waals surface area (Å²) in [6.45, 7) is 5.40. The quantitative estimate of drug-likeness (QED) is 0.652. The number of hydrogen-bond acceptors (Lipinski definition) is 4. The molecule has 1 aliphatic rings. The number of likely N-dealkylation sites (tertiary alicyclic amines) is 1. The van der Waals surface area contributed by atoms with Gasteiger partial charge in [0.05, 0.1) is 18.8 Å². The Morgan fingerprint density at radius 3 is 3.15 bits per heavy atom. The van der Waals surface area contributed by atoms with Gasteiger partial charge in [-0.3, -0.25) is 4.99 Å². The highest BCUT2D eigenvalue weighted by Crippen LogP contribution is 2.16. The maximum absolute atomic E-state index is 5.23. The molecule has 0 amide bonds. The molecule has 1 saturated heterocycles. The molecule has 0 radical (unpaired) electrons. The molecule has 2 heterocycles. The zero-order chi connectivity index (χ0) is 14.4. The Labute approximate surface area is 120 Å². The number of nitrogens with one attached hydrogen (secondary N) is 1. The summed E-state index contributed by atoms with van der Waals surface area (Å²) in [6.07, 6.45) is 2.94. The lowest BCUT2D eigenvalue weighted by Gasteiger charge is -2.21. The minimum absolute atomic E-state index is 0.597. The largest absolute Gasteiger partial charge is 0.384 e. The second kappa shape index (κ2) is 7.19. The zero-order valence-electron chi connectivity index (χ0n) is 12.5. The van der Waals surface area contributed by atoms with Crippen LogP contribution in [-0.2, 0) is 11.3 Å². The van der Waals surface area contributed by atoms with Crippen LogP contribution in [0.4, 0.5) is 0 Å². The Morgan fingerprint density at radius 2 is 2.45 bits per heavy atom. The molecule has 1 fully saturated rings. The highest BCUT2D eigenvalue weighted by Gasteiger charge is 2.24. The van der Waals surface area contributed by atoms with E-state index >= 15 is 0 Å². The Kier molecular flexibility index (Phi) is 5.29. The van der Waals surface area contributed by atoms with Crippen molar-refractivity contribution >= 4 is 5.96 Å². The molecular formula is C14H23N5O. The fraction of sp³-hybridized carbons (Fsp3) is 0.643. The van der Waals surface area contributed by atoms with Crippen molar-refractivity contribution < 1.29 is 4.74 Å². The van der Waals surface area contributed by atoms with Gasteiger partial charge in [-0.2, -0.15) is 0 Å². The lowest BCUT2D eigenvalue weighted by molar-refractivity contribution is 0.157. The number of ether oxygens (including phenoxy) is 1. The topological polar surface area (TPSA) is 62.6 Å². The SMILES string of the molecule is CN=C(NCc1ccnc(C)n1)N1CCC(COC)C1. The van der Waals surface area contributed by atoms with Crippen LogP contribution in [0.1, 0.15) is 17.9 Å². The first-order chi connectivity index (χ1) is 9.72. The van der Waals surface area contributed by atoms with E-state index < -0.39 is 0 Å². The summed E-state index contributed by atoms with van der Waals surface area (Å²) in [5.41, 5.74) is 0.978. The Balaban J connectivity index is 1.87. The van der Waals surface area contributed by atoms with Gasteiger partial charge < -0.3 is 15.0 Å². The van der Waals surface area contributed by atoms with Crippen molar-refractivity contribution in [1.82, 2.24) is 20.2 Å². The molecule has 1 aliphatic heterocycles. The van der Waals surface area contributed by atoms with Crippen LogP contribution < -0.4 is 5.32 Å². The van der Waals surface area contributed by atoms with Gasteiger partial charge in [0.2, 0.25) is 0 Å². The van der Waals surface area contributed by atoms with Crippen molar-refractivity contribution in [1.29, 1.82) is 0 Å². The molecule has 1 atom stereocenters. The maximum atomic E-state index is 5.23. The molecule has 1 aromatic rings. The van der Waals surface area contributed by atoms with E-state index in [4.69, 9.17) is 4.74 Å². The van der Waals surface area contributed by atoms with Crippen molar-refractivity contribution in [2.45, 2.75) is 19.9 Å². The average Bonchev–Trinajstić information content (AvgIpc) is 2.89. The third kappa shape index (κ3) is 3.90. The first kappa shape index (κ1) is 14.7. The van der Waals surface area contributed by atoms with E-state index in [2.05, 4.69) is 25.2 Å². The van der Waals surface area contributed by atoms with Gasteiger partial charge in [-0.1, -0.05) is 0 Å². The minimum Gasteiger partial charge on any atom is -0.384 e. The number of aromatic nitrogens is 2. The first-order valence-electron chi connectivity index (χ1n) is 6.96. The molecule has 0 spiro atoms. The van der Waals surface area contributed by atoms with Gasteiger partial charge in [0, 0.05) is 39.4 Å². The monoisotopic (exact) mass is 277 g/mol. The summed E-state index contributed by atoms with van der Waals surface area (Å²) in [5.74, 6) is 2.32. The fourth-order valence-corrected chi connectivity index (χ4v) is 2.50. The molecule has 6 nitrogen and oxygen atoms in total. The van der Waals surface area contributed by atoms with Gasteiger partial charge >= 0.3 is 0 Å². The van der Waals surface area contributed by atoms with Crippen LogP contribution in [0.3, 0.4) is 0 Å². The minimum atomic E-state index is 0.597. The van der Waals surface area contributed by atoms with Gasteiger partial charge in [0.15, 0.2) is 5.96 Å². The van der Waals surface area contributed by atoms with Crippen molar-refractivity contribution in [2.75, 3.05) is 33.9 Å². The highest BCUT2D eigenvalue weighted by atomic mass is 16.5. The van der Waals surface area contributed by atoms with Crippen molar-refractivity contribution in [3.05, 3.63) is 23.8 Å². The molecule has 6 heteroatoms. The van der Waals surface area contributed by atoms with Crippen LogP contribution in [0.25, 0.3) is 0 Å². The van der Waals surface area contributed by atoms with Crippen LogP contribution in [0, 0.1) is 12.8 Å². The Bertz CT molecular complexity index is 463. The molecular weight excluding hydrogens is 254 g/mol. The van der Waals surface area contributed by atoms with Crippen molar-refractivity contribution in [3.8, 4) is 0 Å². The van der Waals surface area contributed by atoms with E-state index in [0.717, 1.165) is 43.6 Å². The van der Waals surface area contributed by atoms with Crippen LogP contribution in [0.2, 0.25) is 0 Å². The number of nitrogens with zero attached hydrogens (tertiary/aromatic N) is 4. The molecule has 0 aromatic carbocycles. The first-order valence-corrected chi connectivity index (χ1v) is 6.96. The predicted octanol–water partition coefficient (Wildman–Crippen LogP) is 0.829. The predicted molar refractivity (Wildman–Crippen MR) is 78.5 cm³/mol. The van der Waals surface area contributed by atoms with E-state index in [-0.39, 0.29) is 0 Å². The number of aliphatic imine (C=N–C) groups is 1. The molecule has 2 rings (SSSR count). The molecule has 1 N–H and O–H groups in total. The van der Waals surface area contributed by atoms with Gasteiger partial charge in [-0.05, 0) is 19.4 Å². The van der Waals surface area contributed by atoms with E-state index in [9.17, 15) is 0 Å².